The summed E-state index contributed by atoms with van der Waals surface area (Å²) in [5.41, 5.74) is 1.66. The Labute approximate surface area is 171 Å². The second kappa shape index (κ2) is 8.56. The molecule has 0 aliphatic carbocycles. The molecular formula is C18H16Cl2N4O2S. The lowest BCUT2D eigenvalue weighted by Crippen LogP contribution is -1.99. The summed E-state index contributed by atoms with van der Waals surface area (Å²) < 4.78 is 13.2. The molecule has 0 radical (unpaired) electrons. The van der Waals surface area contributed by atoms with Crippen molar-refractivity contribution in [2.45, 2.75) is 13.5 Å². The zero-order valence-electron chi connectivity index (χ0n) is 14.6. The van der Waals surface area contributed by atoms with Crippen LogP contribution in [-0.2, 0) is 6.61 Å². The van der Waals surface area contributed by atoms with E-state index in [4.69, 9.17) is 44.9 Å². The Hall–Kier alpha value is -2.35. The maximum atomic E-state index is 6.18. The summed E-state index contributed by atoms with van der Waals surface area (Å²) >= 11 is 17.2. The van der Waals surface area contributed by atoms with E-state index in [1.165, 1.54) is 4.68 Å². The molecule has 1 aromatic heterocycles. The number of methoxy groups -OCH3 is 1. The van der Waals surface area contributed by atoms with Crippen LogP contribution in [0.15, 0.2) is 41.5 Å². The molecule has 0 atom stereocenters. The molecule has 0 bridgehead atoms. The van der Waals surface area contributed by atoms with E-state index < -0.39 is 0 Å². The minimum atomic E-state index is 0.295. The number of hydrogen-bond donors (Lipinski definition) is 1. The van der Waals surface area contributed by atoms with Gasteiger partial charge >= 0.3 is 0 Å². The summed E-state index contributed by atoms with van der Waals surface area (Å²) in [7, 11) is 1.58. The highest BCUT2D eigenvalue weighted by atomic mass is 35.5. The molecule has 0 unspecified atom stereocenters. The summed E-state index contributed by atoms with van der Waals surface area (Å²) in [6.45, 7) is 2.10. The third-order valence-electron chi connectivity index (χ3n) is 3.72. The first-order valence-corrected chi connectivity index (χ1v) is 9.07. The number of aryl methyl sites for hydroxylation is 1. The van der Waals surface area contributed by atoms with Crippen molar-refractivity contribution in [3.8, 4) is 11.5 Å². The molecule has 0 fully saturated rings. The van der Waals surface area contributed by atoms with Crippen LogP contribution in [0, 0.1) is 11.7 Å². The van der Waals surface area contributed by atoms with Gasteiger partial charge in [0, 0.05) is 15.6 Å². The molecule has 1 N–H and O–H groups in total. The zero-order valence-corrected chi connectivity index (χ0v) is 16.9. The molecule has 3 aromatic rings. The molecule has 27 heavy (non-hydrogen) atoms. The van der Waals surface area contributed by atoms with E-state index in [-0.39, 0.29) is 0 Å². The molecule has 9 heteroatoms. The molecule has 0 aliphatic rings. The largest absolute Gasteiger partial charge is 0.493 e. The lowest BCUT2D eigenvalue weighted by Gasteiger charge is -2.12. The lowest BCUT2D eigenvalue weighted by molar-refractivity contribution is 0.284. The summed E-state index contributed by atoms with van der Waals surface area (Å²) in [5, 5.41) is 12.1. The fourth-order valence-electron chi connectivity index (χ4n) is 2.31. The van der Waals surface area contributed by atoms with Gasteiger partial charge in [-0.1, -0.05) is 29.3 Å². The Balaban J connectivity index is 1.77. The number of aromatic nitrogens is 3. The average Bonchev–Trinajstić information content (AvgIpc) is 2.97. The van der Waals surface area contributed by atoms with Crippen LogP contribution in [-0.4, -0.2) is 28.2 Å². The number of hydrogen-bond acceptors (Lipinski definition) is 5. The number of aromatic amines is 1. The molecule has 0 saturated carbocycles. The molecule has 6 nitrogen and oxygen atoms in total. The van der Waals surface area contributed by atoms with E-state index in [0.29, 0.717) is 38.7 Å². The van der Waals surface area contributed by atoms with Crippen molar-refractivity contribution in [2.24, 2.45) is 5.10 Å². The SMILES string of the molecule is COc1cc(C=Nn2c(C)n[nH]c2=S)ccc1OCc1ccc(Cl)cc1Cl. The number of halogens is 2. The van der Waals surface area contributed by atoms with Crippen LogP contribution in [0.3, 0.4) is 0 Å². The van der Waals surface area contributed by atoms with Crippen LogP contribution in [0.4, 0.5) is 0 Å². The van der Waals surface area contributed by atoms with E-state index in [2.05, 4.69) is 15.3 Å². The minimum absolute atomic E-state index is 0.295. The van der Waals surface area contributed by atoms with E-state index in [9.17, 15) is 0 Å². The van der Waals surface area contributed by atoms with Gasteiger partial charge in [0.25, 0.3) is 0 Å². The van der Waals surface area contributed by atoms with E-state index in [1.807, 2.05) is 31.2 Å². The van der Waals surface area contributed by atoms with Crippen LogP contribution in [0.2, 0.25) is 10.0 Å². The fourth-order valence-corrected chi connectivity index (χ4v) is 3.00. The quantitative estimate of drug-likeness (QED) is 0.447. The maximum absolute atomic E-state index is 6.18. The molecule has 3 rings (SSSR count). The van der Waals surface area contributed by atoms with Gasteiger partial charge in [-0.25, -0.2) is 0 Å². The molecule has 0 saturated heterocycles. The van der Waals surface area contributed by atoms with Gasteiger partial charge in [0.2, 0.25) is 4.77 Å². The van der Waals surface area contributed by atoms with E-state index in [1.54, 1.807) is 25.5 Å². The Bertz CT molecular complexity index is 1050. The third kappa shape index (κ3) is 4.68. The van der Waals surface area contributed by atoms with Crippen molar-refractivity contribution in [3.63, 3.8) is 0 Å². The van der Waals surface area contributed by atoms with Crippen molar-refractivity contribution in [2.75, 3.05) is 7.11 Å². The normalized spacial score (nSPS) is 11.1. The van der Waals surface area contributed by atoms with E-state index in [0.717, 1.165) is 11.1 Å². The highest BCUT2D eigenvalue weighted by molar-refractivity contribution is 7.71. The van der Waals surface area contributed by atoms with Crippen LogP contribution < -0.4 is 9.47 Å². The second-order valence-electron chi connectivity index (χ2n) is 5.57. The number of benzene rings is 2. The molecule has 2 aromatic carbocycles. The van der Waals surface area contributed by atoms with Crippen LogP contribution in [0.1, 0.15) is 17.0 Å². The van der Waals surface area contributed by atoms with E-state index >= 15 is 0 Å². The van der Waals surface area contributed by atoms with Crippen molar-refractivity contribution in [3.05, 3.63) is 68.2 Å². The molecule has 0 aliphatic heterocycles. The maximum Gasteiger partial charge on any atom is 0.216 e. The first-order chi connectivity index (χ1) is 13.0. The van der Waals surface area contributed by atoms with Crippen molar-refractivity contribution in [1.82, 2.24) is 14.9 Å². The van der Waals surface area contributed by atoms with Gasteiger partial charge in [0.05, 0.1) is 13.3 Å². The topological polar surface area (TPSA) is 64.4 Å². The van der Waals surface area contributed by atoms with Gasteiger partial charge in [0.1, 0.15) is 12.4 Å². The smallest absolute Gasteiger partial charge is 0.216 e. The standard InChI is InChI=1S/C18H16Cl2N4O2S/c1-11-22-23-18(27)24(11)21-9-12-3-6-16(17(7-12)25-2)26-10-13-4-5-14(19)8-15(13)20/h3-9H,10H2,1-2H3,(H,23,27). The summed E-state index contributed by atoms with van der Waals surface area (Å²) in [6, 6.07) is 10.8. The highest BCUT2D eigenvalue weighted by Crippen LogP contribution is 2.29. The Kier molecular flexibility index (Phi) is 6.15. The zero-order chi connectivity index (χ0) is 19.4. The summed E-state index contributed by atoms with van der Waals surface area (Å²) in [4.78, 5) is 0. The van der Waals surface area contributed by atoms with Crippen LogP contribution in [0.25, 0.3) is 0 Å². The predicted molar refractivity (Wildman–Crippen MR) is 109 cm³/mol. The van der Waals surface area contributed by atoms with Gasteiger partial charge in [-0.15, -0.1) is 0 Å². The predicted octanol–water partition coefficient (Wildman–Crippen LogP) is 5.03. The van der Waals surface area contributed by atoms with Crippen molar-refractivity contribution in [1.29, 1.82) is 0 Å². The van der Waals surface area contributed by atoms with Gasteiger partial charge in [0.15, 0.2) is 11.5 Å². The number of ether oxygens (including phenoxy) is 2. The van der Waals surface area contributed by atoms with Gasteiger partial charge in [-0.2, -0.15) is 14.9 Å². The highest BCUT2D eigenvalue weighted by Gasteiger charge is 2.08. The Morgan fingerprint density at radius 1 is 1.22 bits per heavy atom. The minimum Gasteiger partial charge on any atom is -0.493 e. The average molecular weight is 423 g/mol. The molecule has 1 heterocycles. The lowest BCUT2D eigenvalue weighted by atomic mass is 10.2. The molecule has 140 valence electrons. The first-order valence-electron chi connectivity index (χ1n) is 7.91. The third-order valence-corrected chi connectivity index (χ3v) is 4.57. The monoisotopic (exact) mass is 422 g/mol. The fraction of sp³-hybridized carbons (Fsp3) is 0.167. The first kappa shape index (κ1) is 19.4. The molecular weight excluding hydrogens is 407 g/mol. The Morgan fingerprint density at radius 2 is 2.04 bits per heavy atom. The van der Waals surface area contributed by atoms with Crippen LogP contribution in [0.5, 0.6) is 11.5 Å². The number of H-pyrrole nitrogens is 1. The van der Waals surface area contributed by atoms with Crippen LogP contribution >= 0.6 is 35.4 Å². The number of nitrogens with one attached hydrogen (secondary N) is 1. The summed E-state index contributed by atoms with van der Waals surface area (Å²) in [5.74, 6) is 1.84. The Morgan fingerprint density at radius 3 is 2.70 bits per heavy atom. The van der Waals surface area contributed by atoms with Gasteiger partial charge in [-0.05, 0) is 55.0 Å². The summed E-state index contributed by atoms with van der Waals surface area (Å²) in [6.07, 6.45) is 1.67. The molecule has 0 amide bonds. The van der Waals surface area contributed by atoms with Gasteiger partial charge < -0.3 is 9.47 Å². The van der Waals surface area contributed by atoms with Crippen molar-refractivity contribution < 1.29 is 9.47 Å². The van der Waals surface area contributed by atoms with Crippen molar-refractivity contribution >= 4 is 41.6 Å². The second-order valence-corrected chi connectivity index (χ2v) is 6.80. The van der Waals surface area contributed by atoms with Gasteiger partial charge in [-0.3, -0.25) is 5.10 Å². The number of rotatable bonds is 6. The molecule has 0 spiro atoms. The number of nitrogens with zero attached hydrogens (tertiary/aromatic N) is 3.